The molecule has 1 aliphatic rings. The van der Waals surface area contributed by atoms with Gasteiger partial charge < -0.3 is 9.64 Å². The molecule has 0 spiro atoms. The summed E-state index contributed by atoms with van der Waals surface area (Å²) in [7, 11) is 1.57. The Morgan fingerprint density at radius 1 is 1.23 bits per heavy atom. The van der Waals surface area contributed by atoms with Crippen molar-refractivity contribution < 1.29 is 14.3 Å². The number of pyridine rings is 1. The smallest absolute Gasteiger partial charge is 0.235 e. The van der Waals surface area contributed by atoms with E-state index in [0.717, 1.165) is 5.69 Å². The molecule has 1 saturated heterocycles. The average molecular weight is 351 g/mol. The number of aromatic nitrogens is 3. The zero-order valence-electron chi connectivity index (χ0n) is 14.1. The van der Waals surface area contributed by atoms with Gasteiger partial charge in [0.1, 0.15) is 5.75 Å². The molecule has 8 heteroatoms. The molecule has 8 nitrogen and oxygen atoms in total. The van der Waals surface area contributed by atoms with E-state index >= 15 is 0 Å². The number of ether oxygens (including phenoxy) is 1. The Kier molecular flexibility index (Phi) is 4.00. The fraction of sp³-hybridized carbons (Fsp3) is 0.222. The van der Waals surface area contributed by atoms with Crippen molar-refractivity contribution >= 4 is 29.1 Å². The van der Waals surface area contributed by atoms with Gasteiger partial charge in [-0.1, -0.05) is 12.1 Å². The van der Waals surface area contributed by atoms with E-state index in [2.05, 4.69) is 15.5 Å². The number of anilines is 2. The summed E-state index contributed by atoms with van der Waals surface area (Å²) in [5, 5.41) is 10.8. The Morgan fingerprint density at radius 2 is 2.12 bits per heavy atom. The van der Waals surface area contributed by atoms with E-state index in [1.165, 1.54) is 0 Å². The largest absolute Gasteiger partial charge is 0.497 e. The van der Waals surface area contributed by atoms with Crippen molar-refractivity contribution in [3.8, 4) is 5.75 Å². The molecule has 3 heterocycles. The Labute approximate surface area is 149 Å². The molecule has 2 aromatic heterocycles. The number of benzene rings is 1. The predicted octanol–water partition coefficient (Wildman–Crippen LogP) is 1.73. The summed E-state index contributed by atoms with van der Waals surface area (Å²) >= 11 is 0. The Morgan fingerprint density at radius 3 is 2.96 bits per heavy atom. The molecule has 0 aliphatic carbocycles. The number of hydrogen-bond acceptors (Lipinski definition) is 5. The molecule has 132 valence electrons. The van der Waals surface area contributed by atoms with Gasteiger partial charge in [-0.05, 0) is 24.3 Å². The minimum absolute atomic E-state index is 0.0931. The lowest BCUT2D eigenvalue weighted by Gasteiger charge is -2.17. The second kappa shape index (κ2) is 6.47. The minimum Gasteiger partial charge on any atom is -0.497 e. The molecule has 1 aromatic carbocycles. The molecule has 1 atom stereocenters. The lowest BCUT2D eigenvalue weighted by molar-refractivity contribution is -0.122. The van der Waals surface area contributed by atoms with Crippen molar-refractivity contribution in [2.75, 3.05) is 23.9 Å². The van der Waals surface area contributed by atoms with Crippen molar-refractivity contribution in [2.24, 2.45) is 5.92 Å². The van der Waals surface area contributed by atoms with Gasteiger partial charge >= 0.3 is 0 Å². The number of rotatable bonds is 4. The zero-order valence-corrected chi connectivity index (χ0v) is 14.1. The number of nitrogens with zero attached hydrogens (tertiary/aromatic N) is 4. The van der Waals surface area contributed by atoms with E-state index in [1.807, 2.05) is 30.3 Å². The van der Waals surface area contributed by atoms with E-state index < -0.39 is 5.92 Å². The van der Waals surface area contributed by atoms with Crippen molar-refractivity contribution in [3.63, 3.8) is 0 Å². The highest BCUT2D eigenvalue weighted by atomic mass is 16.5. The summed E-state index contributed by atoms with van der Waals surface area (Å²) in [6.07, 6.45) is 1.92. The van der Waals surface area contributed by atoms with Crippen LogP contribution in [0.2, 0.25) is 0 Å². The number of hydrogen-bond donors (Lipinski definition) is 1. The van der Waals surface area contributed by atoms with Crippen LogP contribution in [0, 0.1) is 5.92 Å². The molecule has 4 rings (SSSR count). The van der Waals surface area contributed by atoms with Crippen LogP contribution in [0.1, 0.15) is 6.42 Å². The molecule has 1 aliphatic heterocycles. The first-order chi connectivity index (χ1) is 12.7. The summed E-state index contributed by atoms with van der Waals surface area (Å²) in [5.74, 6) is 0.215. The van der Waals surface area contributed by atoms with Crippen LogP contribution in [0.3, 0.4) is 0 Å². The summed E-state index contributed by atoms with van der Waals surface area (Å²) in [6, 6.07) is 12.7. The van der Waals surface area contributed by atoms with Gasteiger partial charge in [0.25, 0.3) is 0 Å². The topological polar surface area (TPSA) is 88.8 Å². The molecular formula is C18H17N5O3. The molecule has 0 saturated carbocycles. The summed E-state index contributed by atoms with van der Waals surface area (Å²) < 4.78 is 6.89. The van der Waals surface area contributed by atoms with Gasteiger partial charge in [0.2, 0.25) is 17.8 Å². The van der Waals surface area contributed by atoms with Gasteiger partial charge in [-0.25, -0.2) is 0 Å². The van der Waals surface area contributed by atoms with E-state index in [4.69, 9.17) is 4.74 Å². The molecule has 1 fully saturated rings. The third kappa shape index (κ3) is 2.85. The summed E-state index contributed by atoms with van der Waals surface area (Å²) in [4.78, 5) is 26.6. The van der Waals surface area contributed by atoms with Crippen LogP contribution in [0.15, 0.2) is 48.7 Å². The molecule has 1 unspecified atom stereocenters. The molecule has 1 N–H and O–H groups in total. The third-order valence-electron chi connectivity index (χ3n) is 4.41. The van der Waals surface area contributed by atoms with Gasteiger partial charge in [0.05, 0.1) is 13.0 Å². The number of fused-ring (bicyclic) bond motifs is 1. The lowest BCUT2D eigenvalue weighted by Crippen LogP contribution is -2.28. The maximum atomic E-state index is 12.6. The molecule has 26 heavy (non-hydrogen) atoms. The molecule has 2 amide bonds. The quantitative estimate of drug-likeness (QED) is 0.773. The average Bonchev–Trinajstić information content (AvgIpc) is 3.26. The second-order valence-electron chi connectivity index (χ2n) is 6.05. The van der Waals surface area contributed by atoms with Crippen molar-refractivity contribution in [1.29, 1.82) is 0 Å². The highest BCUT2D eigenvalue weighted by Gasteiger charge is 2.35. The zero-order chi connectivity index (χ0) is 18.1. The fourth-order valence-corrected chi connectivity index (χ4v) is 3.05. The molecule has 0 radical (unpaired) electrons. The number of methoxy groups -OCH3 is 1. The van der Waals surface area contributed by atoms with Gasteiger partial charge in [0, 0.05) is 30.9 Å². The highest BCUT2D eigenvalue weighted by molar-refractivity contribution is 6.03. The standard InChI is InChI=1S/C18H17N5O3/c1-26-14-6-4-5-13(10-14)23-11-12(9-16(23)24)17(25)19-18-21-20-15-7-2-3-8-22(15)18/h2-8,10,12H,9,11H2,1H3,(H,19,21,25). The summed E-state index contributed by atoms with van der Waals surface area (Å²) in [5.41, 5.74) is 1.36. The highest BCUT2D eigenvalue weighted by Crippen LogP contribution is 2.28. The normalized spacial score (nSPS) is 16.9. The first-order valence-corrected chi connectivity index (χ1v) is 8.21. The Hall–Kier alpha value is -3.42. The number of amides is 2. The van der Waals surface area contributed by atoms with Gasteiger partial charge in [-0.2, -0.15) is 0 Å². The van der Waals surface area contributed by atoms with Gasteiger partial charge in [0.15, 0.2) is 5.65 Å². The van der Waals surface area contributed by atoms with E-state index in [9.17, 15) is 9.59 Å². The Balaban J connectivity index is 1.50. The molecule has 3 aromatic rings. The van der Waals surface area contributed by atoms with Crippen molar-refractivity contribution in [1.82, 2.24) is 14.6 Å². The van der Waals surface area contributed by atoms with Crippen LogP contribution in [-0.4, -0.2) is 40.1 Å². The fourth-order valence-electron chi connectivity index (χ4n) is 3.05. The predicted molar refractivity (Wildman–Crippen MR) is 95.1 cm³/mol. The van der Waals surface area contributed by atoms with Crippen LogP contribution < -0.4 is 15.0 Å². The maximum absolute atomic E-state index is 12.6. The maximum Gasteiger partial charge on any atom is 0.235 e. The monoisotopic (exact) mass is 351 g/mol. The van der Waals surface area contributed by atoms with E-state index in [0.29, 0.717) is 23.9 Å². The molecule has 0 bridgehead atoms. The van der Waals surface area contributed by atoms with Crippen LogP contribution in [0.5, 0.6) is 5.75 Å². The van der Waals surface area contributed by atoms with E-state index in [1.54, 1.807) is 34.7 Å². The van der Waals surface area contributed by atoms with Crippen molar-refractivity contribution in [2.45, 2.75) is 6.42 Å². The number of carbonyl (C=O) groups excluding carboxylic acids is 2. The van der Waals surface area contributed by atoms with Crippen molar-refractivity contribution in [3.05, 3.63) is 48.7 Å². The van der Waals surface area contributed by atoms with Crippen LogP contribution in [0.25, 0.3) is 5.65 Å². The van der Waals surface area contributed by atoms with E-state index in [-0.39, 0.29) is 18.2 Å². The Bertz CT molecular complexity index is 984. The second-order valence-corrected chi connectivity index (χ2v) is 6.05. The van der Waals surface area contributed by atoms with Gasteiger partial charge in [-0.15, -0.1) is 10.2 Å². The molecular weight excluding hydrogens is 334 g/mol. The number of carbonyl (C=O) groups is 2. The third-order valence-corrected chi connectivity index (χ3v) is 4.41. The van der Waals surface area contributed by atoms with Crippen LogP contribution >= 0.6 is 0 Å². The minimum atomic E-state index is -0.454. The SMILES string of the molecule is COc1cccc(N2CC(C(=O)Nc3nnc4ccccn34)CC2=O)c1. The van der Waals surface area contributed by atoms with Gasteiger partial charge in [-0.3, -0.25) is 19.3 Å². The first-order valence-electron chi connectivity index (χ1n) is 8.21. The number of nitrogens with one attached hydrogen (secondary N) is 1. The van der Waals surface area contributed by atoms with Crippen LogP contribution in [-0.2, 0) is 9.59 Å². The summed E-state index contributed by atoms with van der Waals surface area (Å²) in [6.45, 7) is 0.314. The first kappa shape index (κ1) is 16.1. The lowest BCUT2D eigenvalue weighted by atomic mass is 10.1. The van der Waals surface area contributed by atoms with Crippen LogP contribution in [0.4, 0.5) is 11.6 Å².